The number of rotatable bonds is 2. The summed E-state index contributed by atoms with van der Waals surface area (Å²) in [5.41, 5.74) is 0. The molecule has 0 amide bonds. The van der Waals surface area contributed by atoms with Gasteiger partial charge in [-0.3, -0.25) is 0 Å². The van der Waals surface area contributed by atoms with Crippen LogP contribution in [-0.2, 0) is 10.7 Å². The molecule has 1 heterocycles. The molecule has 0 fully saturated rings. The first kappa shape index (κ1) is 13.8. The fourth-order valence-electron chi connectivity index (χ4n) is 0.505. The van der Waals surface area contributed by atoms with Crippen LogP contribution in [0.1, 0.15) is 11.5 Å². The number of furan rings is 1. The second kappa shape index (κ2) is 6.88. The van der Waals surface area contributed by atoms with E-state index in [1.54, 1.807) is 12.4 Å². The van der Waals surface area contributed by atoms with Crippen LogP contribution in [0.4, 0.5) is 0 Å². The molecule has 0 saturated heterocycles. The smallest absolute Gasteiger partial charge is 0.870 e. The largest absolute Gasteiger partial charge is 1.00 e. The molecule has 56 valence electrons. The zero-order valence-electron chi connectivity index (χ0n) is 6.00. The van der Waals surface area contributed by atoms with Crippen molar-refractivity contribution < 1.29 is 44.2 Å². The van der Waals surface area contributed by atoms with Crippen molar-refractivity contribution in [2.75, 3.05) is 0 Å². The fourth-order valence-corrected chi connectivity index (χ4v) is 0.648. The molecule has 0 aliphatic carbocycles. The van der Waals surface area contributed by atoms with Gasteiger partial charge in [-0.05, 0) is 5.76 Å². The van der Waals surface area contributed by atoms with E-state index in [2.05, 4.69) is 0 Å². The maximum absolute atomic E-state index is 9.87. The molecule has 11 heavy (non-hydrogen) atoms. The molecule has 0 spiro atoms. The van der Waals surface area contributed by atoms with E-state index >= 15 is 0 Å². The van der Waals surface area contributed by atoms with Crippen molar-refractivity contribution in [3.05, 3.63) is 23.7 Å². The third-order valence-electron chi connectivity index (χ3n) is 0.894. The summed E-state index contributed by atoms with van der Waals surface area (Å²) < 4.78 is 4.83. The van der Waals surface area contributed by atoms with Gasteiger partial charge in [-0.1, -0.05) is 0 Å². The Morgan fingerprint density at radius 1 is 1.55 bits per heavy atom. The summed E-state index contributed by atoms with van der Waals surface area (Å²) in [7, 11) is 0. The number of carbonyl (C=O) groups excluding carboxylic acids is 1. The first-order valence-electron chi connectivity index (χ1n) is 2.39. The Morgan fingerprint density at radius 3 is 2.45 bits per heavy atom. The summed E-state index contributed by atoms with van der Waals surface area (Å²) in [4.78, 5) is 9.87. The van der Waals surface area contributed by atoms with Crippen molar-refractivity contribution in [2.45, 2.75) is 5.88 Å². The van der Waals surface area contributed by atoms with Crippen LogP contribution in [0.3, 0.4) is 0 Å². The van der Waals surface area contributed by atoms with Crippen LogP contribution in [0.5, 0.6) is 0 Å². The average Bonchev–Trinajstić information content (AvgIpc) is 2.34. The van der Waals surface area contributed by atoms with E-state index in [0.29, 0.717) is 11.6 Å². The number of hydrogen-bond donors (Lipinski definition) is 0. The molecule has 0 saturated carbocycles. The van der Waals surface area contributed by atoms with Gasteiger partial charge in [0.25, 0.3) is 0 Å². The van der Waals surface area contributed by atoms with E-state index < -0.39 is 0 Å². The second-order valence-electron chi connectivity index (χ2n) is 1.50. The minimum absolute atomic E-state index is 0. The predicted molar refractivity (Wildman–Crippen MR) is 35.0 cm³/mol. The van der Waals surface area contributed by atoms with Crippen LogP contribution in [-0.4, -0.2) is 11.8 Å². The first-order chi connectivity index (χ1) is 4.36. The van der Waals surface area contributed by atoms with E-state index in [-0.39, 0.29) is 40.8 Å². The van der Waals surface area contributed by atoms with Gasteiger partial charge in [0.05, 0.1) is 11.6 Å². The van der Waals surface area contributed by atoms with Crippen LogP contribution in [0.15, 0.2) is 16.5 Å². The minimum Gasteiger partial charge on any atom is -0.870 e. The van der Waals surface area contributed by atoms with Gasteiger partial charge in [0.1, 0.15) is 0 Å². The Balaban J connectivity index is 0. The Bertz CT molecular complexity index is 211. The zero-order chi connectivity index (χ0) is 6.69. The molecule has 0 aliphatic rings. The summed E-state index contributed by atoms with van der Waals surface area (Å²) in [5, 5.41) is 0. The fraction of sp³-hybridized carbons (Fsp3) is 0.167. The summed E-state index contributed by atoms with van der Waals surface area (Å²) in [5.74, 6) is 1.09. The minimum atomic E-state index is 0. The van der Waals surface area contributed by atoms with Gasteiger partial charge in [0, 0.05) is 6.29 Å². The topological polar surface area (TPSA) is 60.2 Å². The standard InChI is InChI=1S/C6H4ClO2.Na.H2O/c7-3-5-1-2-6(4-8)9-5;;/h1-2H,3H2;;1H2/q-1;+1;/p-1. The van der Waals surface area contributed by atoms with E-state index in [0.717, 1.165) is 0 Å². The molecule has 1 aromatic heterocycles. The Hall–Kier alpha value is 0.200. The van der Waals surface area contributed by atoms with E-state index in [1.165, 1.54) is 6.07 Å². The predicted octanol–water partition coefficient (Wildman–Crippen LogP) is -1.70. The maximum atomic E-state index is 9.87. The zero-order valence-corrected chi connectivity index (χ0v) is 8.76. The van der Waals surface area contributed by atoms with Crippen LogP contribution in [0.2, 0.25) is 0 Å². The average molecular weight is 184 g/mol. The third kappa shape index (κ3) is 3.94. The van der Waals surface area contributed by atoms with Crippen molar-refractivity contribution in [3.63, 3.8) is 0 Å². The van der Waals surface area contributed by atoms with Crippen LogP contribution < -0.4 is 29.6 Å². The number of hydrogen-bond acceptors (Lipinski definition) is 3. The summed E-state index contributed by atoms with van der Waals surface area (Å²) >= 11 is 5.37. The van der Waals surface area contributed by atoms with Gasteiger partial charge in [0.15, 0.2) is 0 Å². The van der Waals surface area contributed by atoms with Crippen LogP contribution >= 0.6 is 11.6 Å². The van der Waals surface area contributed by atoms with E-state index in [9.17, 15) is 4.79 Å². The van der Waals surface area contributed by atoms with Gasteiger partial charge in [-0.15, -0.1) is 17.7 Å². The van der Waals surface area contributed by atoms with Gasteiger partial charge < -0.3 is 14.7 Å². The van der Waals surface area contributed by atoms with Crippen LogP contribution in [0, 0.1) is 0 Å². The molecule has 1 rings (SSSR count). The molecule has 0 unspecified atom stereocenters. The summed E-state index contributed by atoms with van der Waals surface area (Å²) in [6, 6.07) is 3.18. The van der Waals surface area contributed by atoms with E-state index in [4.69, 9.17) is 16.0 Å². The van der Waals surface area contributed by atoms with Gasteiger partial charge in [0.2, 0.25) is 0 Å². The Labute approximate surface area is 91.3 Å². The Kier molecular flexibility index (Phi) is 8.61. The van der Waals surface area contributed by atoms with E-state index in [1.807, 2.05) is 0 Å². The third-order valence-corrected chi connectivity index (χ3v) is 1.16. The molecule has 0 aromatic carbocycles. The molecule has 0 radical (unpaired) electrons. The van der Waals surface area contributed by atoms with Crippen molar-refractivity contribution >= 4 is 17.9 Å². The van der Waals surface area contributed by atoms with Gasteiger partial charge in [-0.2, -0.15) is 6.07 Å². The molecule has 0 atom stereocenters. The normalized spacial score (nSPS) is 7.73. The van der Waals surface area contributed by atoms with Crippen molar-refractivity contribution in [2.24, 2.45) is 0 Å². The molecule has 3 nitrogen and oxygen atoms in total. The van der Waals surface area contributed by atoms with Gasteiger partial charge >= 0.3 is 29.6 Å². The molecule has 5 heteroatoms. The van der Waals surface area contributed by atoms with Crippen LogP contribution in [0.25, 0.3) is 0 Å². The monoisotopic (exact) mass is 183 g/mol. The second-order valence-corrected chi connectivity index (χ2v) is 1.77. The molecular weight excluding hydrogens is 179 g/mol. The summed E-state index contributed by atoms with van der Waals surface area (Å²) in [6.45, 7) is 0. The Morgan fingerprint density at radius 2 is 2.18 bits per heavy atom. The van der Waals surface area contributed by atoms with Gasteiger partial charge in [-0.25, -0.2) is 0 Å². The summed E-state index contributed by atoms with van der Waals surface area (Å²) in [6.07, 6.45) is 1.61. The van der Waals surface area contributed by atoms with Crippen molar-refractivity contribution in [1.82, 2.24) is 0 Å². The maximum Gasteiger partial charge on any atom is 1.00 e. The SMILES string of the molecule is O=[C-]c1ccc(CCl)o1.[Na+].[OH-]. The molecule has 1 aromatic rings. The quantitative estimate of drug-likeness (QED) is 0.312. The molecule has 0 aliphatic heterocycles. The molecule has 1 N–H and O–H groups in total. The molecule has 0 bridgehead atoms. The number of alkyl halides is 1. The number of halogens is 1. The molecular formula is C6H5ClNaO3-. The van der Waals surface area contributed by atoms with Crippen molar-refractivity contribution in [1.29, 1.82) is 0 Å². The van der Waals surface area contributed by atoms with Crippen molar-refractivity contribution in [3.8, 4) is 0 Å². The first-order valence-corrected chi connectivity index (χ1v) is 2.93.